The predicted molar refractivity (Wildman–Crippen MR) is 112 cm³/mol. The first kappa shape index (κ1) is 19.4. The summed E-state index contributed by atoms with van der Waals surface area (Å²) < 4.78 is 5.65. The molecule has 0 atom stereocenters. The van der Waals surface area contributed by atoms with Crippen molar-refractivity contribution in [3.05, 3.63) is 69.6 Å². The van der Waals surface area contributed by atoms with E-state index < -0.39 is 5.91 Å². The number of benzene rings is 2. The van der Waals surface area contributed by atoms with Crippen LogP contribution in [0.3, 0.4) is 0 Å². The first-order valence-corrected chi connectivity index (χ1v) is 9.66. The number of carbonyl (C=O) groups is 2. The molecule has 3 rings (SSSR count). The lowest BCUT2D eigenvalue weighted by Gasteiger charge is -2.16. The average Bonchev–Trinajstić information content (AvgIpc) is 2.91. The first-order valence-electron chi connectivity index (χ1n) is 8.06. The number of hydrogen-bond acceptors (Lipinski definition) is 5. The summed E-state index contributed by atoms with van der Waals surface area (Å²) in [6, 6.07) is 13.9. The molecule has 5 nitrogen and oxygen atoms in total. The van der Waals surface area contributed by atoms with Gasteiger partial charge in [0.2, 0.25) is 0 Å². The Morgan fingerprint density at radius 3 is 2.63 bits per heavy atom. The molecular weight excluding hydrogens is 404 g/mol. The molecule has 2 amide bonds. The molecule has 1 aliphatic rings. The van der Waals surface area contributed by atoms with E-state index in [-0.39, 0.29) is 15.8 Å². The smallest absolute Gasteiger partial charge is 0.285 e. The van der Waals surface area contributed by atoms with E-state index >= 15 is 0 Å². The summed E-state index contributed by atoms with van der Waals surface area (Å²) in [6.45, 7) is 2.50. The molecule has 0 unspecified atom stereocenters. The number of rotatable bonds is 5. The Morgan fingerprint density at radius 2 is 1.96 bits per heavy atom. The SMILES string of the molecule is CCOc1ccc(C=C2SC(=S)N(NC(=O)c3ccccc3Cl)C2=O)cc1. The van der Waals surface area contributed by atoms with Crippen molar-refractivity contribution in [1.82, 2.24) is 10.4 Å². The van der Waals surface area contributed by atoms with Crippen LogP contribution in [0.25, 0.3) is 6.08 Å². The molecule has 0 aromatic heterocycles. The van der Waals surface area contributed by atoms with E-state index in [0.29, 0.717) is 16.5 Å². The van der Waals surface area contributed by atoms with Crippen LogP contribution >= 0.6 is 35.6 Å². The Bertz CT molecular complexity index is 929. The van der Waals surface area contributed by atoms with E-state index in [1.807, 2.05) is 31.2 Å². The van der Waals surface area contributed by atoms with Gasteiger partial charge in [0.15, 0.2) is 4.32 Å². The van der Waals surface area contributed by atoms with Gasteiger partial charge < -0.3 is 4.74 Å². The molecule has 138 valence electrons. The van der Waals surface area contributed by atoms with Crippen molar-refractivity contribution in [1.29, 1.82) is 0 Å². The molecule has 8 heteroatoms. The van der Waals surface area contributed by atoms with Gasteiger partial charge in [0, 0.05) is 0 Å². The van der Waals surface area contributed by atoms with E-state index in [1.54, 1.807) is 30.3 Å². The molecule has 1 N–H and O–H groups in total. The van der Waals surface area contributed by atoms with Crippen molar-refractivity contribution in [2.45, 2.75) is 6.92 Å². The fraction of sp³-hybridized carbons (Fsp3) is 0.105. The van der Waals surface area contributed by atoms with Gasteiger partial charge in [-0.05, 0) is 55.0 Å². The maximum absolute atomic E-state index is 12.6. The number of ether oxygens (including phenoxy) is 1. The highest BCUT2D eigenvalue weighted by Crippen LogP contribution is 2.32. The molecule has 1 saturated heterocycles. The van der Waals surface area contributed by atoms with Crippen LogP contribution in [0, 0.1) is 0 Å². The van der Waals surface area contributed by atoms with Crippen molar-refractivity contribution in [3.63, 3.8) is 0 Å². The first-order chi connectivity index (χ1) is 13.0. The van der Waals surface area contributed by atoms with Gasteiger partial charge in [0.05, 0.1) is 22.1 Å². The second-order valence-corrected chi connectivity index (χ2v) is 7.52. The standard InChI is InChI=1S/C19H15ClN2O3S2/c1-2-25-13-9-7-12(8-10-13)11-16-18(24)22(19(26)27-16)21-17(23)14-5-3-4-6-15(14)20/h3-11H,2H2,1H3,(H,21,23). The lowest BCUT2D eigenvalue weighted by Crippen LogP contribution is -2.44. The molecule has 27 heavy (non-hydrogen) atoms. The van der Waals surface area contributed by atoms with Crippen LogP contribution in [0.4, 0.5) is 0 Å². The van der Waals surface area contributed by atoms with Crippen LogP contribution in [-0.2, 0) is 4.79 Å². The summed E-state index contributed by atoms with van der Waals surface area (Å²) in [5, 5.41) is 1.36. The molecule has 1 heterocycles. The van der Waals surface area contributed by atoms with E-state index in [0.717, 1.165) is 28.1 Å². The van der Waals surface area contributed by atoms with Crippen LogP contribution in [0.5, 0.6) is 5.75 Å². The quantitative estimate of drug-likeness (QED) is 0.580. The van der Waals surface area contributed by atoms with Crippen LogP contribution in [-0.4, -0.2) is 27.8 Å². The van der Waals surface area contributed by atoms with Crippen LogP contribution < -0.4 is 10.2 Å². The topological polar surface area (TPSA) is 58.6 Å². The van der Waals surface area contributed by atoms with Gasteiger partial charge >= 0.3 is 0 Å². The molecule has 0 bridgehead atoms. The molecule has 0 radical (unpaired) electrons. The Morgan fingerprint density at radius 1 is 1.26 bits per heavy atom. The molecule has 1 fully saturated rings. The van der Waals surface area contributed by atoms with Gasteiger partial charge in [0.1, 0.15) is 5.75 Å². The summed E-state index contributed by atoms with van der Waals surface area (Å²) in [5.41, 5.74) is 3.61. The summed E-state index contributed by atoms with van der Waals surface area (Å²) >= 11 is 12.4. The summed E-state index contributed by atoms with van der Waals surface area (Å²) in [4.78, 5) is 25.4. The second kappa shape index (κ2) is 8.56. The summed E-state index contributed by atoms with van der Waals surface area (Å²) in [6.07, 6.45) is 1.72. The van der Waals surface area contributed by atoms with Gasteiger partial charge in [-0.2, -0.15) is 5.01 Å². The highest BCUT2D eigenvalue weighted by Gasteiger charge is 2.34. The molecular formula is C19H15ClN2O3S2. The van der Waals surface area contributed by atoms with Crippen LogP contribution in [0.15, 0.2) is 53.4 Å². The molecule has 0 aliphatic carbocycles. The second-order valence-electron chi connectivity index (χ2n) is 5.44. The van der Waals surface area contributed by atoms with Gasteiger partial charge in [-0.15, -0.1) is 0 Å². The van der Waals surface area contributed by atoms with E-state index in [4.69, 9.17) is 28.6 Å². The zero-order valence-electron chi connectivity index (χ0n) is 14.3. The lowest BCUT2D eigenvalue weighted by molar-refractivity contribution is -0.123. The minimum absolute atomic E-state index is 0.248. The molecule has 1 aliphatic heterocycles. The van der Waals surface area contributed by atoms with Gasteiger partial charge in [-0.25, -0.2) is 0 Å². The number of thioether (sulfide) groups is 1. The molecule has 2 aromatic carbocycles. The van der Waals surface area contributed by atoms with E-state index in [1.165, 1.54) is 0 Å². The third-order valence-corrected chi connectivity index (χ3v) is 5.25. The monoisotopic (exact) mass is 418 g/mol. The zero-order chi connectivity index (χ0) is 19.4. The maximum atomic E-state index is 12.6. The number of thiocarbonyl (C=S) groups is 1. The van der Waals surface area contributed by atoms with Crippen molar-refractivity contribution in [3.8, 4) is 5.75 Å². The third-order valence-electron chi connectivity index (χ3n) is 3.61. The lowest BCUT2D eigenvalue weighted by atomic mass is 10.2. The Labute approximate surface area is 171 Å². The Kier molecular flexibility index (Phi) is 6.15. The van der Waals surface area contributed by atoms with Crippen molar-refractivity contribution >= 4 is 57.8 Å². The van der Waals surface area contributed by atoms with E-state index in [9.17, 15) is 9.59 Å². The minimum Gasteiger partial charge on any atom is -0.494 e. The fourth-order valence-corrected chi connectivity index (χ4v) is 3.75. The summed E-state index contributed by atoms with van der Waals surface area (Å²) in [5.74, 6) is -0.132. The van der Waals surface area contributed by atoms with Gasteiger partial charge in [-0.1, -0.05) is 47.6 Å². The number of carbonyl (C=O) groups excluding carboxylic acids is 2. The number of hydrogen-bond donors (Lipinski definition) is 1. The minimum atomic E-state index is -0.501. The summed E-state index contributed by atoms with van der Waals surface area (Å²) in [7, 11) is 0. The van der Waals surface area contributed by atoms with Gasteiger partial charge in [0.25, 0.3) is 11.8 Å². The van der Waals surface area contributed by atoms with Crippen LogP contribution in [0.2, 0.25) is 5.02 Å². The normalized spacial score (nSPS) is 15.3. The number of hydrazine groups is 1. The largest absolute Gasteiger partial charge is 0.494 e. The van der Waals surface area contributed by atoms with Crippen molar-refractivity contribution in [2.75, 3.05) is 6.61 Å². The van der Waals surface area contributed by atoms with Crippen LogP contribution in [0.1, 0.15) is 22.8 Å². The number of nitrogens with one attached hydrogen (secondary N) is 1. The van der Waals surface area contributed by atoms with E-state index in [2.05, 4.69) is 5.43 Å². The van der Waals surface area contributed by atoms with Crippen molar-refractivity contribution < 1.29 is 14.3 Å². The maximum Gasteiger partial charge on any atom is 0.285 e. The highest BCUT2D eigenvalue weighted by atomic mass is 35.5. The predicted octanol–water partition coefficient (Wildman–Crippen LogP) is 4.28. The number of nitrogens with zero attached hydrogens (tertiary/aromatic N) is 1. The number of amides is 2. The third kappa shape index (κ3) is 4.50. The Hall–Kier alpha value is -2.35. The zero-order valence-corrected chi connectivity index (χ0v) is 16.7. The van der Waals surface area contributed by atoms with Gasteiger partial charge in [-0.3, -0.25) is 15.0 Å². The highest BCUT2D eigenvalue weighted by molar-refractivity contribution is 8.26. The molecule has 2 aromatic rings. The fourth-order valence-electron chi connectivity index (χ4n) is 2.35. The number of halogens is 1. The Balaban J connectivity index is 1.74. The van der Waals surface area contributed by atoms with Crippen molar-refractivity contribution in [2.24, 2.45) is 0 Å². The average molecular weight is 419 g/mol. The molecule has 0 saturated carbocycles. The molecule has 0 spiro atoms.